The summed E-state index contributed by atoms with van der Waals surface area (Å²) in [5.41, 5.74) is 2.50. The van der Waals surface area contributed by atoms with Gasteiger partial charge in [0.05, 0.1) is 4.90 Å². The van der Waals surface area contributed by atoms with Crippen LogP contribution in [-0.2, 0) is 26.0 Å². The van der Waals surface area contributed by atoms with E-state index in [0.717, 1.165) is 11.1 Å². The van der Waals surface area contributed by atoms with Crippen LogP contribution in [-0.4, -0.2) is 25.5 Å². The summed E-state index contributed by atoms with van der Waals surface area (Å²) < 4.78 is 25.2. The van der Waals surface area contributed by atoms with Crippen LogP contribution in [0.3, 0.4) is 0 Å². The highest BCUT2D eigenvalue weighted by atomic mass is 32.2. The summed E-state index contributed by atoms with van der Waals surface area (Å²) in [6.07, 6.45) is 0. The second-order valence-electron chi connectivity index (χ2n) is 6.10. The fourth-order valence-corrected chi connectivity index (χ4v) is 3.60. The number of carbonyl (C=O) groups is 2. The Hall–Kier alpha value is -2.67. The zero-order valence-electron chi connectivity index (χ0n) is 14.9. The van der Waals surface area contributed by atoms with Crippen LogP contribution < -0.4 is 10.6 Å². The monoisotopic (exact) mass is 374 g/mol. The quantitative estimate of drug-likeness (QED) is 0.812. The number of carbonyl (C=O) groups excluding carboxylic acids is 2. The first-order chi connectivity index (χ1) is 12.2. The van der Waals surface area contributed by atoms with Gasteiger partial charge in [0.15, 0.2) is 9.84 Å². The molecule has 0 heterocycles. The standard InChI is InChI=1S/C19H22N2O4S/c1-13-4-6-16(7-5-13)12-20-19(23)14(2)26(24,25)18-10-8-17(9-11-18)21-15(3)22/h4-11,14H,12H2,1-3H3,(H,20,23)(H,21,22). The van der Waals surface area contributed by atoms with Gasteiger partial charge < -0.3 is 10.6 Å². The molecule has 2 aromatic carbocycles. The average Bonchev–Trinajstić information content (AvgIpc) is 2.60. The molecule has 138 valence electrons. The van der Waals surface area contributed by atoms with Crippen molar-refractivity contribution in [1.29, 1.82) is 0 Å². The van der Waals surface area contributed by atoms with Crippen molar-refractivity contribution in [3.05, 3.63) is 59.7 Å². The maximum Gasteiger partial charge on any atom is 0.238 e. The van der Waals surface area contributed by atoms with Crippen molar-refractivity contribution in [2.45, 2.75) is 37.5 Å². The lowest BCUT2D eigenvalue weighted by molar-refractivity contribution is -0.120. The van der Waals surface area contributed by atoms with Gasteiger partial charge in [-0.15, -0.1) is 0 Å². The van der Waals surface area contributed by atoms with E-state index in [4.69, 9.17) is 0 Å². The molecule has 0 aliphatic heterocycles. The summed E-state index contributed by atoms with van der Waals surface area (Å²) in [5.74, 6) is -0.805. The first kappa shape index (κ1) is 19.7. The Morgan fingerprint density at radius 3 is 2.12 bits per heavy atom. The van der Waals surface area contributed by atoms with Crippen molar-refractivity contribution < 1.29 is 18.0 Å². The number of rotatable bonds is 6. The van der Waals surface area contributed by atoms with E-state index in [1.165, 1.54) is 38.1 Å². The molecule has 0 saturated heterocycles. The maximum absolute atomic E-state index is 12.6. The van der Waals surface area contributed by atoms with Gasteiger partial charge in [-0.3, -0.25) is 9.59 Å². The van der Waals surface area contributed by atoms with E-state index >= 15 is 0 Å². The Morgan fingerprint density at radius 2 is 1.58 bits per heavy atom. The summed E-state index contributed by atoms with van der Waals surface area (Å²) in [7, 11) is -3.82. The summed E-state index contributed by atoms with van der Waals surface area (Å²) >= 11 is 0. The maximum atomic E-state index is 12.6. The van der Waals surface area contributed by atoms with Crippen molar-refractivity contribution in [2.24, 2.45) is 0 Å². The number of sulfone groups is 1. The van der Waals surface area contributed by atoms with Crippen LogP contribution in [0, 0.1) is 6.92 Å². The molecule has 0 spiro atoms. The van der Waals surface area contributed by atoms with Crippen molar-refractivity contribution in [2.75, 3.05) is 5.32 Å². The fraction of sp³-hybridized carbons (Fsp3) is 0.263. The smallest absolute Gasteiger partial charge is 0.238 e. The SMILES string of the molecule is CC(=O)Nc1ccc(S(=O)(=O)C(C)C(=O)NCc2ccc(C)cc2)cc1. The van der Waals surface area contributed by atoms with Gasteiger partial charge in [0.2, 0.25) is 11.8 Å². The molecule has 1 atom stereocenters. The first-order valence-electron chi connectivity index (χ1n) is 8.15. The minimum absolute atomic E-state index is 0.0320. The first-order valence-corrected chi connectivity index (χ1v) is 9.69. The van der Waals surface area contributed by atoms with Gasteiger partial charge in [-0.25, -0.2) is 8.42 Å². The lowest BCUT2D eigenvalue weighted by atomic mass is 10.1. The molecule has 0 aliphatic rings. The van der Waals surface area contributed by atoms with Crippen LogP contribution >= 0.6 is 0 Å². The number of anilines is 1. The molecule has 0 radical (unpaired) electrons. The minimum atomic E-state index is -3.82. The lowest BCUT2D eigenvalue weighted by Gasteiger charge is -2.14. The van der Waals surface area contributed by atoms with E-state index in [0.29, 0.717) is 5.69 Å². The van der Waals surface area contributed by atoms with E-state index in [2.05, 4.69) is 10.6 Å². The van der Waals surface area contributed by atoms with Gasteiger partial charge in [0.1, 0.15) is 5.25 Å². The summed E-state index contributed by atoms with van der Waals surface area (Å²) in [4.78, 5) is 23.3. The number of hydrogen-bond acceptors (Lipinski definition) is 4. The van der Waals surface area contributed by atoms with Crippen molar-refractivity contribution in [1.82, 2.24) is 5.32 Å². The normalized spacial score (nSPS) is 12.3. The van der Waals surface area contributed by atoms with Crippen LogP contribution in [0.15, 0.2) is 53.4 Å². The number of hydrogen-bond donors (Lipinski definition) is 2. The minimum Gasteiger partial charge on any atom is -0.351 e. The highest BCUT2D eigenvalue weighted by Crippen LogP contribution is 2.19. The Kier molecular flexibility index (Phi) is 6.15. The molecule has 2 aromatic rings. The molecule has 0 aromatic heterocycles. The Morgan fingerprint density at radius 1 is 1.00 bits per heavy atom. The topological polar surface area (TPSA) is 92.3 Å². The molecule has 2 N–H and O–H groups in total. The number of nitrogens with one attached hydrogen (secondary N) is 2. The lowest BCUT2D eigenvalue weighted by Crippen LogP contribution is -2.37. The van der Waals surface area contributed by atoms with Crippen LogP contribution in [0.25, 0.3) is 0 Å². The zero-order chi connectivity index (χ0) is 19.3. The molecular formula is C19H22N2O4S. The molecule has 2 rings (SSSR count). The molecule has 6 nitrogen and oxygen atoms in total. The molecule has 0 saturated carbocycles. The van der Waals surface area contributed by atoms with E-state index in [1.807, 2.05) is 31.2 Å². The van der Waals surface area contributed by atoms with Crippen molar-refractivity contribution in [3.63, 3.8) is 0 Å². The van der Waals surface area contributed by atoms with E-state index < -0.39 is 21.0 Å². The fourth-order valence-electron chi connectivity index (χ4n) is 2.32. The van der Waals surface area contributed by atoms with Crippen molar-refractivity contribution in [3.8, 4) is 0 Å². The van der Waals surface area contributed by atoms with Crippen LogP contribution in [0.5, 0.6) is 0 Å². The third-order valence-corrected chi connectivity index (χ3v) is 6.00. The van der Waals surface area contributed by atoms with E-state index in [1.54, 1.807) is 0 Å². The van der Waals surface area contributed by atoms with Crippen LogP contribution in [0.4, 0.5) is 5.69 Å². The molecule has 0 bridgehead atoms. The molecular weight excluding hydrogens is 352 g/mol. The highest BCUT2D eigenvalue weighted by molar-refractivity contribution is 7.92. The number of amides is 2. The van der Waals surface area contributed by atoms with E-state index in [-0.39, 0.29) is 17.3 Å². The van der Waals surface area contributed by atoms with Crippen LogP contribution in [0.2, 0.25) is 0 Å². The van der Waals surface area contributed by atoms with Gasteiger partial charge in [0.25, 0.3) is 0 Å². The number of benzene rings is 2. The van der Waals surface area contributed by atoms with Gasteiger partial charge in [-0.05, 0) is 43.7 Å². The third kappa shape index (κ3) is 4.92. The van der Waals surface area contributed by atoms with Gasteiger partial charge in [-0.2, -0.15) is 0 Å². The third-order valence-electron chi connectivity index (χ3n) is 3.93. The van der Waals surface area contributed by atoms with Crippen LogP contribution in [0.1, 0.15) is 25.0 Å². The molecule has 7 heteroatoms. The Balaban J connectivity index is 2.05. The van der Waals surface area contributed by atoms with Crippen molar-refractivity contribution >= 4 is 27.3 Å². The molecule has 1 unspecified atom stereocenters. The Labute approximate surface area is 153 Å². The Bertz CT molecular complexity index is 888. The molecule has 2 amide bonds. The summed E-state index contributed by atoms with van der Waals surface area (Å²) in [5, 5.41) is 4.00. The zero-order valence-corrected chi connectivity index (χ0v) is 15.8. The predicted molar refractivity (Wildman–Crippen MR) is 100 cm³/mol. The molecule has 0 fully saturated rings. The van der Waals surface area contributed by atoms with E-state index in [9.17, 15) is 18.0 Å². The van der Waals surface area contributed by atoms with Gasteiger partial charge in [0, 0.05) is 19.2 Å². The largest absolute Gasteiger partial charge is 0.351 e. The second-order valence-corrected chi connectivity index (χ2v) is 8.36. The number of aryl methyl sites for hydroxylation is 1. The predicted octanol–water partition coefficient (Wildman–Crippen LogP) is 2.43. The highest BCUT2D eigenvalue weighted by Gasteiger charge is 2.29. The van der Waals surface area contributed by atoms with Gasteiger partial charge in [-0.1, -0.05) is 29.8 Å². The summed E-state index contributed by atoms with van der Waals surface area (Å²) in [6, 6.07) is 13.4. The summed E-state index contributed by atoms with van der Waals surface area (Å²) in [6.45, 7) is 4.96. The molecule has 26 heavy (non-hydrogen) atoms. The van der Waals surface area contributed by atoms with Gasteiger partial charge >= 0.3 is 0 Å². The second kappa shape index (κ2) is 8.14. The molecule has 0 aliphatic carbocycles. The average molecular weight is 374 g/mol.